The fourth-order valence-corrected chi connectivity index (χ4v) is 2.82. The molecule has 3 nitrogen and oxygen atoms in total. The summed E-state index contributed by atoms with van der Waals surface area (Å²) in [5, 5.41) is 3.64. The highest BCUT2D eigenvalue weighted by Gasteiger charge is 2.31. The first-order valence-corrected chi connectivity index (χ1v) is 7.94. The Bertz CT molecular complexity index is 431. The van der Waals surface area contributed by atoms with Crippen LogP contribution in [0.2, 0.25) is 0 Å². The zero-order valence-corrected chi connectivity index (χ0v) is 12.3. The molecule has 0 aromatic heterocycles. The van der Waals surface area contributed by atoms with Crippen molar-refractivity contribution < 1.29 is 9.47 Å². The van der Waals surface area contributed by atoms with Gasteiger partial charge in [-0.3, -0.25) is 0 Å². The summed E-state index contributed by atoms with van der Waals surface area (Å²) in [5.74, 6) is 1.56. The molecule has 0 bridgehead atoms. The average molecular weight is 275 g/mol. The van der Waals surface area contributed by atoms with Gasteiger partial charge in [-0.15, -0.1) is 0 Å². The van der Waals surface area contributed by atoms with Crippen LogP contribution in [0.15, 0.2) is 24.3 Å². The van der Waals surface area contributed by atoms with Crippen molar-refractivity contribution in [2.45, 2.75) is 44.8 Å². The molecular weight excluding hydrogens is 250 g/mol. The Morgan fingerprint density at radius 1 is 1.30 bits per heavy atom. The molecule has 110 valence electrons. The lowest BCUT2D eigenvalue weighted by Gasteiger charge is -2.20. The third kappa shape index (κ3) is 3.53. The van der Waals surface area contributed by atoms with Gasteiger partial charge in [0.25, 0.3) is 0 Å². The molecule has 1 saturated carbocycles. The molecule has 3 heteroatoms. The Labute approximate surface area is 121 Å². The van der Waals surface area contributed by atoms with Crippen LogP contribution in [-0.4, -0.2) is 25.8 Å². The minimum Gasteiger partial charge on any atom is -0.494 e. The van der Waals surface area contributed by atoms with Crippen molar-refractivity contribution in [3.63, 3.8) is 0 Å². The Kier molecular flexibility index (Phi) is 4.58. The van der Waals surface area contributed by atoms with Crippen molar-refractivity contribution in [3.8, 4) is 5.75 Å². The van der Waals surface area contributed by atoms with E-state index in [9.17, 15) is 0 Å². The van der Waals surface area contributed by atoms with Crippen LogP contribution in [0.3, 0.4) is 0 Å². The van der Waals surface area contributed by atoms with Gasteiger partial charge in [-0.05, 0) is 43.4 Å². The fourth-order valence-electron chi connectivity index (χ4n) is 2.82. The van der Waals surface area contributed by atoms with Crippen molar-refractivity contribution in [1.82, 2.24) is 5.32 Å². The predicted molar refractivity (Wildman–Crippen MR) is 80.1 cm³/mol. The third-order valence-corrected chi connectivity index (χ3v) is 4.12. The second-order valence-corrected chi connectivity index (χ2v) is 5.94. The zero-order valence-electron chi connectivity index (χ0n) is 12.3. The number of ether oxygens (including phenoxy) is 2. The second kappa shape index (κ2) is 6.59. The summed E-state index contributed by atoms with van der Waals surface area (Å²) in [5.41, 5.74) is 1.26. The molecule has 20 heavy (non-hydrogen) atoms. The van der Waals surface area contributed by atoms with E-state index in [0.717, 1.165) is 44.4 Å². The topological polar surface area (TPSA) is 30.5 Å². The van der Waals surface area contributed by atoms with Gasteiger partial charge in [0.05, 0.1) is 12.7 Å². The van der Waals surface area contributed by atoms with Crippen LogP contribution in [0.1, 0.15) is 44.3 Å². The molecule has 1 aromatic rings. The molecule has 1 heterocycles. The van der Waals surface area contributed by atoms with Gasteiger partial charge in [-0.2, -0.15) is 0 Å². The summed E-state index contributed by atoms with van der Waals surface area (Å²) in [6, 6.07) is 9.20. The van der Waals surface area contributed by atoms with Gasteiger partial charge in [0.1, 0.15) is 5.75 Å². The maximum atomic E-state index is 5.97. The lowest BCUT2D eigenvalue weighted by Crippen LogP contribution is -2.26. The quantitative estimate of drug-likeness (QED) is 0.828. The highest BCUT2D eigenvalue weighted by Crippen LogP contribution is 2.36. The van der Waals surface area contributed by atoms with Gasteiger partial charge in [0, 0.05) is 25.1 Å². The third-order valence-electron chi connectivity index (χ3n) is 4.12. The van der Waals surface area contributed by atoms with E-state index in [1.165, 1.54) is 18.4 Å². The van der Waals surface area contributed by atoms with Crippen LogP contribution in [0.4, 0.5) is 0 Å². The van der Waals surface area contributed by atoms with Gasteiger partial charge < -0.3 is 14.8 Å². The molecule has 1 N–H and O–H groups in total. The van der Waals surface area contributed by atoms with Crippen molar-refractivity contribution in [3.05, 3.63) is 29.8 Å². The van der Waals surface area contributed by atoms with Crippen molar-refractivity contribution >= 4 is 0 Å². The van der Waals surface area contributed by atoms with E-state index in [1.807, 2.05) is 6.07 Å². The fraction of sp³-hybridized carbons (Fsp3) is 0.647. The van der Waals surface area contributed by atoms with Gasteiger partial charge >= 0.3 is 0 Å². The minimum absolute atomic E-state index is 0.228. The molecule has 1 aromatic carbocycles. The summed E-state index contributed by atoms with van der Waals surface area (Å²) in [6.07, 6.45) is 5.12. The van der Waals surface area contributed by atoms with Gasteiger partial charge in [0.15, 0.2) is 0 Å². The Hall–Kier alpha value is -1.06. The maximum absolute atomic E-state index is 5.97. The zero-order chi connectivity index (χ0) is 13.8. The van der Waals surface area contributed by atoms with Crippen LogP contribution >= 0.6 is 0 Å². The molecule has 1 aliphatic carbocycles. The predicted octanol–water partition coefficient (Wildman–Crippen LogP) is 3.31. The molecule has 0 radical (unpaired) electrons. The number of hydrogen-bond donors (Lipinski definition) is 1. The lowest BCUT2D eigenvalue weighted by molar-refractivity contribution is 0.0902. The molecule has 1 saturated heterocycles. The Morgan fingerprint density at radius 2 is 2.20 bits per heavy atom. The van der Waals surface area contributed by atoms with Crippen molar-refractivity contribution in [1.29, 1.82) is 0 Å². The normalized spacial score (nSPS) is 25.9. The first-order chi connectivity index (χ1) is 9.86. The summed E-state index contributed by atoms with van der Waals surface area (Å²) in [4.78, 5) is 0. The van der Waals surface area contributed by atoms with Crippen LogP contribution in [0.5, 0.6) is 5.75 Å². The van der Waals surface area contributed by atoms with E-state index >= 15 is 0 Å². The summed E-state index contributed by atoms with van der Waals surface area (Å²) in [6.45, 7) is 4.86. The summed E-state index contributed by atoms with van der Waals surface area (Å²) >= 11 is 0. The molecule has 2 unspecified atom stereocenters. The van der Waals surface area contributed by atoms with Crippen molar-refractivity contribution in [2.75, 3.05) is 19.8 Å². The standard InChI is InChI=1S/C17H25NO2/c1-2-9-19-16-5-3-4-13(11-16)17-14(8-10-20-17)12-18-15-6-7-15/h3-5,11,14-15,17-18H,2,6-10,12H2,1H3. The SMILES string of the molecule is CCCOc1cccc(C2OCCC2CNC2CC2)c1. The van der Waals surface area contributed by atoms with Crippen LogP contribution in [0.25, 0.3) is 0 Å². The van der Waals surface area contributed by atoms with Crippen LogP contribution in [0, 0.1) is 5.92 Å². The number of rotatable bonds is 7. The van der Waals surface area contributed by atoms with E-state index in [2.05, 4.69) is 30.4 Å². The Balaban J connectivity index is 1.63. The maximum Gasteiger partial charge on any atom is 0.119 e. The molecule has 0 spiro atoms. The summed E-state index contributed by atoms with van der Waals surface area (Å²) in [7, 11) is 0. The summed E-state index contributed by atoms with van der Waals surface area (Å²) < 4.78 is 11.7. The van der Waals surface area contributed by atoms with E-state index in [0.29, 0.717) is 5.92 Å². The highest BCUT2D eigenvalue weighted by molar-refractivity contribution is 5.30. The number of hydrogen-bond acceptors (Lipinski definition) is 3. The molecule has 0 amide bonds. The largest absolute Gasteiger partial charge is 0.494 e. The van der Waals surface area contributed by atoms with E-state index < -0.39 is 0 Å². The van der Waals surface area contributed by atoms with Gasteiger partial charge in [-0.25, -0.2) is 0 Å². The highest BCUT2D eigenvalue weighted by atomic mass is 16.5. The molecule has 1 aliphatic heterocycles. The van der Waals surface area contributed by atoms with E-state index in [4.69, 9.17) is 9.47 Å². The molecule has 2 aliphatic rings. The number of nitrogens with one attached hydrogen (secondary N) is 1. The Morgan fingerprint density at radius 3 is 3.00 bits per heavy atom. The average Bonchev–Trinajstić information content (AvgIpc) is 3.19. The van der Waals surface area contributed by atoms with Crippen LogP contribution < -0.4 is 10.1 Å². The van der Waals surface area contributed by atoms with Gasteiger partial charge in [-0.1, -0.05) is 19.1 Å². The molecule has 2 fully saturated rings. The minimum atomic E-state index is 0.228. The molecule has 2 atom stereocenters. The first-order valence-electron chi connectivity index (χ1n) is 7.94. The van der Waals surface area contributed by atoms with Crippen molar-refractivity contribution in [2.24, 2.45) is 5.92 Å². The van der Waals surface area contributed by atoms with E-state index in [1.54, 1.807) is 0 Å². The van der Waals surface area contributed by atoms with Gasteiger partial charge in [0.2, 0.25) is 0 Å². The molecular formula is C17H25NO2. The van der Waals surface area contributed by atoms with E-state index in [-0.39, 0.29) is 6.10 Å². The monoisotopic (exact) mass is 275 g/mol. The lowest BCUT2D eigenvalue weighted by atomic mass is 9.95. The molecule has 3 rings (SSSR count). The number of benzene rings is 1. The second-order valence-electron chi connectivity index (χ2n) is 5.94. The van der Waals surface area contributed by atoms with Crippen LogP contribution in [-0.2, 0) is 4.74 Å². The first kappa shape index (κ1) is 13.9. The smallest absolute Gasteiger partial charge is 0.119 e.